The van der Waals surface area contributed by atoms with Gasteiger partial charge in [0, 0.05) is 24.2 Å². The number of carbonyl (C=O) groups is 1. The molecule has 1 aromatic heterocycles. The predicted octanol–water partition coefficient (Wildman–Crippen LogP) is 4.02. The summed E-state index contributed by atoms with van der Waals surface area (Å²) < 4.78 is 16.7. The van der Waals surface area contributed by atoms with Crippen LogP contribution in [0.5, 0.6) is 0 Å². The minimum absolute atomic E-state index is 0.208. The minimum Gasteiger partial charge on any atom is -0.319 e. The van der Waals surface area contributed by atoms with Crippen molar-refractivity contribution in [1.29, 1.82) is 0 Å². The number of nitrogens with one attached hydrogen (secondary N) is 1. The fraction of sp³-hybridized carbons (Fsp3) is 0.304. The van der Waals surface area contributed by atoms with E-state index in [1.165, 1.54) is 12.1 Å². The van der Waals surface area contributed by atoms with Gasteiger partial charge in [-0.1, -0.05) is 31.2 Å². The molecule has 0 unspecified atom stereocenters. The summed E-state index contributed by atoms with van der Waals surface area (Å²) in [5, 5.41) is 8.67. The van der Waals surface area contributed by atoms with Gasteiger partial charge in [-0.05, 0) is 55.8 Å². The Bertz CT molecular complexity index is 1090. The molecule has 1 aliphatic heterocycles. The third kappa shape index (κ3) is 3.99. The molecule has 2 heterocycles. The summed E-state index contributed by atoms with van der Waals surface area (Å²) in [7, 11) is 0. The van der Waals surface area contributed by atoms with E-state index in [1.807, 2.05) is 30.3 Å². The maximum Gasteiger partial charge on any atom is 0.267 e. The van der Waals surface area contributed by atoms with Crippen molar-refractivity contribution in [3.63, 3.8) is 0 Å². The number of hydroxylamine groups is 1. The second kappa shape index (κ2) is 8.77. The quantitative estimate of drug-likeness (QED) is 0.380. The van der Waals surface area contributed by atoms with Gasteiger partial charge in [-0.2, -0.15) is 0 Å². The first-order chi connectivity index (χ1) is 14.6. The number of aromatic nitrogens is 2. The Kier molecular flexibility index (Phi) is 5.92. The Morgan fingerprint density at radius 1 is 1.33 bits per heavy atom. The molecule has 156 valence electrons. The average Bonchev–Trinajstić information content (AvgIpc) is 3.18. The number of nitrogens with zero attached hydrogens (tertiary/aromatic N) is 3. The normalized spacial score (nSPS) is 17.6. The van der Waals surface area contributed by atoms with Gasteiger partial charge < -0.3 is 9.47 Å². The van der Waals surface area contributed by atoms with E-state index in [0.29, 0.717) is 5.52 Å². The van der Waals surface area contributed by atoms with Gasteiger partial charge in [-0.25, -0.2) is 14.9 Å². The summed E-state index contributed by atoms with van der Waals surface area (Å²) in [5.41, 5.74) is 4.39. The van der Waals surface area contributed by atoms with Gasteiger partial charge in [0.2, 0.25) is 0 Å². The molecule has 0 aliphatic carbocycles. The van der Waals surface area contributed by atoms with Crippen molar-refractivity contribution < 1.29 is 14.4 Å². The van der Waals surface area contributed by atoms with E-state index in [0.717, 1.165) is 54.9 Å². The molecular weight excluding hydrogens is 383 g/mol. The number of likely N-dealkylation sites (tertiary alicyclic amines) is 1. The number of likely N-dealkylation sites (N-methyl/N-ethyl adjacent to an activating group) is 1. The van der Waals surface area contributed by atoms with E-state index >= 15 is 0 Å². The first kappa shape index (κ1) is 20.3. The highest BCUT2D eigenvalue weighted by Gasteiger charge is 2.26. The summed E-state index contributed by atoms with van der Waals surface area (Å²) >= 11 is 0. The van der Waals surface area contributed by atoms with Gasteiger partial charge in [-0.3, -0.25) is 10.0 Å². The molecule has 0 saturated carbocycles. The highest BCUT2D eigenvalue weighted by molar-refractivity contribution is 5.91. The first-order valence-electron chi connectivity index (χ1n) is 10.2. The Hall–Kier alpha value is -3.03. The fourth-order valence-electron chi connectivity index (χ4n) is 4.18. The summed E-state index contributed by atoms with van der Waals surface area (Å²) in [5.74, 6) is -0.206. The van der Waals surface area contributed by atoms with E-state index in [2.05, 4.69) is 21.4 Å². The molecule has 7 heteroatoms. The van der Waals surface area contributed by atoms with E-state index in [9.17, 15) is 9.18 Å². The number of para-hydroxylation sites is 1. The monoisotopic (exact) mass is 408 g/mol. The minimum atomic E-state index is -0.600. The van der Waals surface area contributed by atoms with Crippen molar-refractivity contribution in [2.45, 2.75) is 25.8 Å². The highest BCUT2D eigenvalue weighted by Crippen LogP contribution is 2.33. The lowest BCUT2D eigenvalue weighted by Gasteiger charge is -2.33. The molecule has 6 nitrogen and oxygen atoms in total. The fourth-order valence-corrected chi connectivity index (χ4v) is 4.18. The van der Waals surface area contributed by atoms with Crippen molar-refractivity contribution >= 4 is 23.0 Å². The number of halogens is 1. The Labute approximate surface area is 174 Å². The van der Waals surface area contributed by atoms with Crippen molar-refractivity contribution in [1.82, 2.24) is 19.9 Å². The molecule has 2 N–H and O–H groups in total. The maximum absolute atomic E-state index is 14.6. The van der Waals surface area contributed by atoms with Crippen LogP contribution >= 0.6 is 0 Å². The van der Waals surface area contributed by atoms with Crippen LogP contribution in [0.4, 0.5) is 4.39 Å². The molecule has 1 fully saturated rings. The Morgan fingerprint density at radius 3 is 2.97 bits per heavy atom. The number of hydrogen-bond acceptors (Lipinski definition) is 4. The predicted molar refractivity (Wildman–Crippen MR) is 114 cm³/mol. The molecule has 1 saturated heterocycles. The van der Waals surface area contributed by atoms with E-state index < -0.39 is 5.91 Å². The SMILES string of the molecule is CCN1CCC[C@@H](n2c(-c3cccc(C=CC(=O)NO)c3)nc3c(F)cccc32)C1. The smallest absolute Gasteiger partial charge is 0.267 e. The second-order valence-electron chi connectivity index (χ2n) is 7.54. The van der Waals surface area contributed by atoms with Crippen molar-refractivity contribution in [2.24, 2.45) is 0 Å². The number of fused-ring (bicyclic) bond motifs is 1. The standard InChI is InChI=1S/C23H25FN4O2/c1-2-27-13-5-8-18(15-27)28-20-10-4-9-19(24)22(20)25-23(28)17-7-3-6-16(14-17)11-12-21(29)26-30/h3-4,6-7,9-12,14,18,30H,2,5,8,13,15H2,1H3,(H,26,29)/t18-/m1/s1. The lowest BCUT2D eigenvalue weighted by molar-refractivity contribution is -0.124. The largest absolute Gasteiger partial charge is 0.319 e. The number of rotatable bonds is 5. The van der Waals surface area contributed by atoms with Gasteiger partial charge in [0.15, 0.2) is 5.82 Å². The summed E-state index contributed by atoms with van der Waals surface area (Å²) in [6, 6.07) is 12.9. The Morgan fingerprint density at radius 2 is 2.17 bits per heavy atom. The van der Waals surface area contributed by atoms with Crippen LogP contribution in [-0.4, -0.2) is 45.2 Å². The molecule has 2 aromatic carbocycles. The molecule has 1 amide bonds. The molecule has 1 aliphatic rings. The van der Waals surface area contributed by atoms with Crippen LogP contribution in [0.25, 0.3) is 28.5 Å². The number of amides is 1. The van der Waals surface area contributed by atoms with Crippen LogP contribution < -0.4 is 5.48 Å². The van der Waals surface area contributed by atoms with Crippen molar-refractivity contribution in [3.8, 4) is 11.4 Å². The lowest BCUT2D eigenvalue weighted by Crippen LogP contribution is -2.36. The lowest BCUT2D eigenvalue weighted by atomic mass is 10.0. The van der Waals surface area contributed by atoms with E-state index in [4.69, 9.17) is 5.21 Å². The Balaban J connectivity index is 1.82. The number of piperidine rings is 1. The number of carbonyl (C=O) groups excluding carboxylic acids is 1. The molecule has 0 spiro atoms. The zero-order valence-corrected chi connectivity index (χ0v) is 16.9. The average molecular weight is 408 g/mol. The van der Waals surface area contributed by atoms with Gasteiger partial charge in [0.1, 0.15) is 11.3 Å². The third-order valence-corrected chi connectivity index (χ3v) is 5.65. The van der Waals surface area contributed by atoms with Crippen LogP contribution in [0.15, 0.2) is 48.5 Å². The number of imidazole rings is 1. The van der Waals surface area contributed by atoms with Crippen LogP contribution in [0.1, 0.15) is 31.4 Å². The topological polar surface area (TPSA) is 70.4 Å². The second-order valence-corrected chi connectivity index (χ2v) is 7.54. The molecule has 0 radical (unpaired) electrons. The van der Waals surface area contributed by atoms with E-state index in [1.54, 1.807) is 17.6 Å². The van der Waals surface area contributed by atoms with Crippen molar-refractivity contribution in [3.05, 3.63) is 59.9 Å². The molecule has 0 bridgehead atoms. The van der Waals surface area contributed by atoms with Crippen LogP contribution in [0, 0.1) is 5.82 Å². The summed E-state index contributed by atoms with van der Waals surface area (Å²) in [6.45, 7) is 5.13. The molecule has 1 atom stereocenters. The van der Waals surface area contributed by atoms with Crippen LogP contribution in [0.2, 0.25) is 0 Å². The third-order valence-electron chi connectivity index (χ3n) is 5.65. The van der Waals surface area contributed by atoms with Gasteiger partial charge in [0.25, 0.3) is 5.91 Å². The first-order valence-corrected chi connectivity index (χ1v) is 10.2. The zero-order chi connectivity index (χ0) is 21.1. The van der Waals surface area contributed by atoms with Crippen molar-refractivity contribution in [2.75, 3.05) is 19.6 Å². The highest BCUT2D eigenvalue weighted by atomic mass is 19.1. The number of benzene rings is 2. The molecule has 4 rings (SSSR count). The van der Waals surface area contributed by atoms with Crippen LogP contribution in [0.3, 0.4) is 0 Å². The molecule has 30 heavy (non-hydrogen) atoms. The van der Waals surface area contributed by atoms with Gasteiger partial charge >= 0.3 is 0 Å². The van der Waals surface area contributed by atoms with Crippen LogP contribution in [-0.2, 0) is 4.79 Å². The van der Waals surface area contributed by atoms with Gasteiger partial charge in [0.05, 0.1) is 5.52 Å². The zero-order valence-electron chi connectivity index (χ0n) is 16.9. The number of hydrogen-bond donors (Lipinski definition) is 2. The van der Waals surface area contributed by atoms with Gasteiger partial charge in [-0.15, -0.1) is 0 Å². The summed E-state index contributed by atoms with van der Waals surface area (Å²) in [4.78, 5) is 18.4. The molecule has 3 aromatic rings. The summed E-state index contributed by atoms with van der Waals surface area (Å²) in [6.07, 6.45) is 4.97. The van der Waals surface area contributed by atoms with E-state index in [-0.39, 0.29) is 11.9 Å². The molecular formula is C23H25FN4O2. The maximum atomic E-state index is 14.6.